The molecule has 1 heterocycles. The third-order valence-corrected chi connectivity index (χ3v) is 2.75. The summed E-state index contributed by atoms with van der Waals surface area (Å²) in [4.78, 5) is 2.20. The molecule has 0 radical (unpaired) electrons. The highest BCUT2D eigenvalue weighted by molar-refractivity contribution is 5.24. The number of rotatable bonds is 7. The molecule has 1 aromatic heterocycles. The maximum Gasteiger partial charge on any atom is 0.318 e. The Morgan fingerprint density at radius 2 is 2.25 bits per heavy atom. The SMILES string of the molecule is CCCN(CC1CC1)c1nnc(CCN)o1. The maximum atomic E-state index is 5.59. The second-order valence-corrected chi connectivity index (χ2v) is 4.41. The van der Waals surface area contributed by atoms with Crippen LogP contribution in [-0.4, -0.2) is 29.8 Å². The highest BCUT2D eigenvalue weighted by Crippen LogP contribution is 2.31. The van der Waals surface area contributed by atoms with Gasteiger partial charge in [0.25, 0.3) is 0 Å². The fourth-order valence-electron chi connectivity index (χ4n) is 1.74. The molecule has 0 aromatic carbocycles. The molecular weight excluding hydrogens is 204 g/mol. The first-order valence-electron chi connectivity index (χ1n) is 6.11. The fourth-order valence-corrected chi connectivity index (χ4v) is 1.74. The van der Waals surface area contributed by atoms with Crippen LogP contribution in [0.15, 0.2) is 4.42 Å². The summed E-state index contributed by atoms with van der Waals surface area (Å²) in [6, 6.07) is 0.664. The van der Waals surface area contributed by atoms with E-state index in [1.807, 2.05) is 0 Å². The molecule has 5 heteroatoms. The number of hydrogen-bond acceptors (Lipinski definition) is 5. The van der Waals surface area contributed by atoms with Gasteiger partial charge in [-0.15, -0.1) is 5.10 Å². The van der Waals surface area contributed by atoms with E-state index >= 15 is 0 Å². The normalized spacial score (nSPS) is 15.4. The van der Waals surface area contributed by atoms with Crippen LogP contribution < -0.4 is 10.6 Å². The predicted octanol–water partition coefficient (Wildman–Crippen LogP) is 1.20. The molecular formula is C11H20N4O. The van der Waals surface area contributed by atoms with Crippen LogP contribution in [0.1, 0.15) is 32.1 Å². The molecule has 1 saturated carbocycles. The maximum absolute atomic E-state index is 5.59. The van der Waals surface area contributed by atoms with Crippen LogP contribution in [0, 0.1) is 5.92 Å². The summed E-state index contributed by atoms with van der Waals surface area (Å²) in [5.74, 6) is 1.48. The van der Waals surface area contributed by atoms with Crippen LogP contribution in [0.4, 0.5) is 6.01 Å². The highest BCUT2D eigenvalue weighted by atomic mass is 16.4. The van der Waals surface area contributed by atoms with E-state index < -0.39 is 0 Å². The van der Waals surface area contributed by atoms with Crippen LogP contribution >= 0.6 is 0 Å². The molecule has 0 saturated heterocycles. The van der Waals surface area contributed by atoms with Gasteiger partial charge in [0.1, 0.15) is 0 Å². The van der Waals surface area contributed by atoms with E-state index in [0.29, 0.717) is 24.9 Å². The van der Waals surface area contributed by atoms with Crippen molar-refractivity contribution < 1.29 is 4.42 Å². The topological polar surface area (TPSA) is 68.2 Å². The molecule has 16 heavy (non-hydrogen) atoms. The van der Waals surface area contributed by atoms with Crippen LogP contribution in [0.5, 0.6) is 0 Å². The zero-order chi connectivity index (χ0) is 11.4. The zero-order valence-electron chi connectivity index (χ0n) is 9.85. The van der Waals surface area contributed by atoms with Crippen molar-refractivity contribution in [2.24, 2.45) is 11.7 Å². The Morgan fingerprint density at radius 1 is 1.44 bits per heavy atom. The Balaban J connectivity index is 1.98. The lowest BCUT2D eigenvalue weighted by Crippen LogP contribution is -2.26. The Labute approximate surface area is 96.0 Å². The van der Waals surface area contributed by atoms with Crippen molar-refractivity contribution in [1.29, 1.82) is 0 Å². The van der Waals surface area contributed by atoms with Crippen LogP contribution in [-0.2, 0) is 6.42 Å². The van der Waals surface area contributed by atoms with Crippen LogP contribution in [0.25, 0.3) is 0 Å². The molecule has 1 aliphatic rings. The molecule has 2 rings (SSSR count). The minimum Gasteiger partial charge on any atom is -0.408 e. The molecule has 0 aliphatic heterocycles. The summed E-state index contributed by atoms with van der Waals surface area (Å²) in [5.41, 5.74) is 5.45. The van der Waals surface area contributed by atoms with E-state index in [4.69, 9.17) is 10.2 Å². The molecule has 1 aromatic rings. The Kier molecular flexibility index (Phi) is 3.77. The van der Waals surface area contributed by atoms with Gasteiger partial charge < -0.3 is 15.1 Å². The minimum absolute atomic E-state index is 0.554. The van der Waals surface area contributed by atoms with Crippen molar-refractivity contribution in [2.45, 2.75) is 32.6 Å². The van der Waals surface area contributed by atoms with Crippen LogP contribution in [0.3, 0.4) is 0 Å². The highest BCUT2D eigenvalue weighted by Gasteiger charge is 2.26. The van der Waals surface area contributed by atoms with E-state index in [9.17, 15) is 0 Å². The van der Waals surface area contributed by atoms with Gasteiger partial charge in [-0.2, -0.15) is 0 Å². The van der Waals surface area contributed by atoms with E-state index in [2.05, 4.69) is 22.0 Å². The molecule has 0 atom stereocenters. The first kappa shape index (κ1) is 11.4. The fraction of sp³-hybridized carbons (Fsp3) is 0.818. The van der Waals surface area contributed by atoms with E-state index in [1.165, 1.54) is 12.8 Å². The van der Waals surface area contributed by atoms with Crippen LogP contribution in [0.2, 0.25) is 0 Å². The Bertz CT molecular complexity index is 322. The summed E-state index contributed by atoms with van der Waals surface area (Å²) in [6.45, 7) is 4.76. The van der Waals surface area contributed by atoms with Gasteiger partial charge in [0, 0.05) is 26.1 Å². The summed E-state index contributed by atoms with van der Waals surface area (Å²) in [7, 11) is 0. The lowest BCUT2D eigenvalue weighted by molar-refractivity contribution is 0.478. The van der Waals surface area contributed by atoms with Crippen molar-refractivity contribution in [3.63, 3.8) is 0 Å². The average molecular weight is 224 g/mol. The molecule has 0 spiro atoms. The number of aromatic nitrogens is 2. The molecule has 0 bridgehead atoms. The summed E-state index contributed by atoms with van der Waals surface area (Å²) >= 11 is 0. The molecule has 90 valence electrons. The van der Waals surface area contributed by atoms with Gasteiger partial charge in [-0.3, -0.25) is 0 Å². The van der Waals surface area contributed by atoms with Crippen molar-refractivity contribution in [2.75, 3.05) is 24.5 Å². The van der Waals surface area contributed by atoms with Crippen molar-refractivity contribution in [1.82, 2.24) is 10.2 Å². The van der Waals surface area contributed by atoms with Crippen molar-refractivity contribution in [3.8, 4) is 0 Å². The van der Waals surface area contributed by atoms with Crippen molar-refractivity contribution >= 4 is 6.01 Å². The number of nitrogens with two attached hydrogens (primary N) is 1. The Hall–Kier alpha value is -1.10. The van der Waals surface area contributed by atoms with E-state index in [-0.39, 0.29) is 0 Å². The van der Waals surface area contributed by atoms with E-state index in [1.54, 1.807) is 0 Å². The summed E-state index contributed by atoms with van der Waals surface area (Å²) < 4.78 is 5.59. The lowest BCUT2D eigenvalue weighted by Gasteiger charge is -2.18. The van der Waals surface area contributed by atoms with Gasteiger partial charge >= 0.3 is 6.01 Å². The first-order chi connectivity index (χ1) is 7.83. The second-order valence-electron chi connectivity index (χ2n) is 4.41. The van der Waals surface area contributed by atoms with Gasteiger partial charge in [-0.25, -0.2) is 0 Å². The molecule has 0 amide bonds. The molecule has 0 unspecified atom stereocenters. The summed E-state index contributed by atoms with van der Waals surface area (Å²) in [6.07, 6.45) is 4.44. The first-order valence-corrected chi connectivity index (χ1v) is 6.11. The van der Waals surface area contributed by atoms with Gasteiger partial charge in [0.2, 0.25) is 5.89 Å². The zero-order valence-corrected chi connectivity index (χ0v) is 9.85. The van der Waals surface area contributed by atoms with Gasteiger partial charge in [-0.1, -0.05) is 12.0 Å². The summed E-state index contributed by atoms with van der Waals surface area (Å²) in [5, 5.41) is 8.09. The molecule has 1 fully saturated rings. The third-order valence-electron chi connectivity index (χ3n) is 2.75. The molecule has 2 N–H and O–H groups in total. The predicted molar refractivity (Wildman–Crippen MR) is 62.3 cm³/mol. The van der Waals surface area contributed by atoms with Gasteiger partial charge in [0.15, 0.2) is 0 Å². The number of anilines is 1. The average Bonchev–Trinajstić information content (AvgIpc) is 2.96. The monoisotopic (exact) mass is 224 g/mol. The van der Waals surface area contributed by atoms with E-state index in [0.717, 1.165) is 25.4 Å². The lowest BCUT2D eigenvalue weighted by atomic mass is 10.3. The van der Waals surface area contributed by atoms with Crippen molar-refractivity contribution in [3.05, 3.63) is 5.89 Å². The van der Waals surface area contributed by atoms with Gasteiger partial charge in [-0.05, 0) is 25.2 Å². The molecule has 5 nitrogen and oxygen atoms in total. The number of nitrogens with zero attached hydrogens (tertiary/aromatic N) is 3. The largest absolute Gasteiger partial charge is 0.408 e. The smallest absolute Gasteiger partial charge is 0.318 e. The number of hydrogen-bond donors (Lipinski definition) is 1. The Morgan fingerprint density at radius 3 is 2.88 bits per heavy atom. The van der Waals surface area contributed by atoms with Gasteiger partial charge in [0.05, 0.1) is 0 Å². The second kappa shape index (κ2) is 5.30. The third kappa shape index (κ3) is 2.95. The minimum atomic E-state index is 0.554. The molecule has 1 aliphatic carbocycles. The quantitative estimate of drug-likeness (QED) is 0.753. The standard InChI is InChI=1S/C11H20N4O/c1-2-7-15(8-9-3-4-9)11-14-13-10(16-11)5-6-12/h9H,2-8,12H2,1H3.